The summed E-state index contributed by atoms with van der Waals surface area (Å²) in [4.78, 5) is 11.4. The van der Waals surface area contributed by atoms with Crippen LogP contribution < -0.4 is 5.63 Å². The van der Waals surface area contributed by atoms with Gasteiger partial charge in [-0.25, -0.2) is 4.79 Å². The Morgan fingerprint density at radius 1 is 1.24 bits per heavy atom. The van der Waals surface area contributed by atoms with Crippen LogP contribution in [-0.2, 0) is 11.2 Å². The van der Waals surface area contributed by atoms with Crippen molar-refractivity contribution in [3.05, 3.63) is 27.3 Å². The van der Waals surface area contributed by atoms with E-state index in [-0.39, 0.29) is 11.3 Å². The number of rotatable bonds is 6. The third kappa shape index (κ3) is 3.60. The van der Waals surface area contributed by atoms with Gasteiger partial charge >= 0.3 is 5.63 Å². The van der Waals surface area contributed by atoms with Crippen LogP contribution in [0, 0.1) is 13.8 Å². The Bertz CT molecular complexity index is 420. The molecule has 0 bridgehead atoms. The number of unbranched alkanes of at least 4 members (excludes halogenated alkanes) is 1. The molecule has 1 rings (SSSR count). The van der Waals surface area contributed by atoms with Gasteiger partial charge in [0.2, 0.25) is 0 Å². The molecule has 4 heteroatoms. The first-order valence-corrected chi connectivity index (χ1v) is 5.97. The topological polar surface area (TPSA) is 59.7 Å². The summed E-state index contributed by atoms with van der Waals surface area (Å²) in [6, 6.07) is 0. The molecular formula is C13H20O4. The zero-order valence-electron chi connectivity index (χ0n) is 10.7. The van der Waals surface area contributed by atoms with Crippen molar-refractivity contribution in [3.8, 4) is 5.75 Å². The normalized spacial score (nSPS) is 10.8. The average Bonchev–Trinajstić information content (AvgIpc) is 2.32. The molecular weight excluding hydrogens is 220 g/mol. The summed E-state index contributed by atoms with van der Waals surface area (Å²) in [6.45, 7) is 6.62. The minimum absolute atomic E-state index is 0.0322. The molecule has 1 aromatic heterocycles. The van der Waals surface area contributed by atoms with Gasteiger partial charge < -0.3 is 14.3 Å². The van der Waals surface area contributed by atoms with Gasteiger partial charge in [0.05, 0.1) is 12.2 Å². The number of hydrogen-bond acceptors (Lipinski definition) is 4. The lowest BCUT2D eigenvalue weighted by molar-refractivity contribution is 0.130. The van der Waals surface area contributed by atoms with Crippen LogP contribution in [0.4, 0.5) is 0 Å². The second kappa shape index (κ2) is 6.45. The molecule has 0 aliphatic rings. The van der Waals surface area contributed by atoms with Gasteiger partial charge in [-0.1, -0.05) is 13.3 Å². The van der Waals surface area contributed by atoms with E-state index in [0.29, 0.717) is 24.4 Å². The third-order valence-corrected chi connectivity index (χ3v) is 2.77. The summed E-state index contributed by atoms with van der Waals surface area (Å²) in [5.74, 6) is 0.541. The van der Waals surface area contributed by atoms with E-state index < -0.39 is 5.63 Å². The summed E-state index contributed by atoms with van der Waals surface area (Å²) in [5.41, 5.74) is 0.413. The van der Waals surface area contributed by atoms with Gasteiger partial charge in [-0.15, -0.1) is 0 Å². The van der Waals surface area contributed by atoms with Crippen LogP contribution in [-0.4, -0.2) is 18.3 Å². The lowest BCUT2D eigenvalue weighted by Crippen LogP contribution is -2.10. The lowest BCUT2D eigenvalue weighted by atomic mass is 10.1. The molecule has 17 heavy (non-hydrogen) atoms. The van der Waals surface area contributed by atoms with E-state index in [1.54, 1.807) is 13.8 Å². The molecule has 0 saturated heterocycles. The van der Waals surface area contributed by atoms with Gasteiger partial charge in [0.25, 0.3) is 0 Å². The minimum Gasteiger partial charge on any atom is -0.507 e. The summed E-state index contributed by atoms with van der Waals surface area (Å²) in [5, 5.41) is 9.71. The quantitative estimate of drug-likeness (QED) is 0.775. The predicted octanol–water partition coefficient (Wildman–Crippen LogP) is 2.32. The standard InChI is InChI=1S/C13H20O4/c1-4-5-7-16-8-6-11-9(2)12(14)10(3)13(15)17-11/h14H,4-8H2,1-3H3. The fourth-order valence-electron chi connectivity index (χ4n) is 1.53. The summed E-state index contributed by atoms with van der Waals surface area (Å²) in [6.07, 6.45) is 2.64. The highest BCUT2D eigenvalue weighted by atomic mass is 16.5. The van der Waals surface area contributed by atoms with Crippen molar-refractivity contribution in [1.29, 1.82) is 0 Å². The van der Waals surface area contributed by atoms with Crippen LogP contribution in [0.3, 0.4) is 0 Å². The van der Waals surface area contributed by atoms with Crippen LogP contribution in [0.25, 0.3) is 0 Å². The summed E-state index contributed by atoms with van der Waals surface area (Å²) >= 11 is 0. The highest BCUT2D eigenvalue weighted by Gasteiger charge is 2.12. The van der Waals surface area contributed by atoms with Gasteiger partial charge in [0.1, 0.15) is 11.5 Å². The Labute approximate surface area is 101 Å². The first-order valence-electron chi connectivity index (χ1n) is 5.97. The molecule has 0 aliphatic carbocycles. The molecule has 1 aromatic rings. The Morgan fingerprint density at radius 2 is 1.94 bits per heavy atom. The first-order chi connectivity index (χ1) is 8.07. The molecule has 0 radical (unpaired) electrons. The van der Waals surface area contributed by atoms with E-state index in [9.17, 15) is 9.90 Å². The average molecular weight is 240 g/mol. The Morgan fingerprint density at radius 3 is 2.59 bits per heavy atom. The summed E-state index contributed by atoms with van der Waals surface area (Å²) in [7, 11) is 0. The van der Waals surface area contributed by atoms with Gasteiger partial charge in [0, 0.05) is 18.6 Å². The molecule has 0 aromatic carbocycles. The van der Waals surface area contributed by atoms with E-state index >= 15 is 0 Å². The fourth-order valence-corrected chi connectivity index (χ4v) is 1.53. The molecule has 0 saturated carbocycles. The first kappa shape index (κ1) is 13.8. The van der Waals surface area contributed by atoms with Gasteiger partial charge in [-0.05, 0) is 20.3 Å². The zero-order valence-corrected chi connectivity index (χ0v) is 10.7. The fraction of sp³-hybridized carbons (Fsp3) is 0.615. The largest absolute Gasteiger partial charge is 0.507 e. The van der Waals surface area contributed by atoms with Crippen molar-refractivity contribution in [2.24, 2.45) is 0 Å². The van der Waals surface area contributed by atoms with Crippen LogP contribution in [0.2, 0.25) is 0 Å². The van der Waals surface area contributed by atoms with Crippen molar-refractivity contribution in [2.75, 3.05) is 13.2 Å². The van der Waals surface area contributed by atoms with E-state index in [0.717, 1.165) is 19.4 Å². The second-order valence-electron chi connectivity index (χ2n) is 4.13. The lowest BCUT2D eigenvalue weighted by Gasteiger charge is -2.08. The van der Waals surface area contributed by atoms with Crippen LogP contribution >= 0.6 is 0 Å². The molecule has 0 aliphatic heterocycles. The molecule has 1 N–H and O–H groups in total. The smallest absolute Gasteiger partial charge is 0.342 e. The highest BCUT2D eigenvalue weighted by Crippen LogP contribution is 2.21. The molecule has 4 nitrogen and oxygen atoms in total. The Balaban J connectivity index is 2.63. The Hall–Kier alpha value is -1.29. The van der Waals surface area contributed by atoms with Crippen LogP contribution in [0.15, 0.2) is 9.21 Å². The van der Waals surface area contributed by atoms with Crippen LogP contribution in [0.5, 0.6) is 5.75 Å². The van der Waals surface area contributed by atoms with Crippen molar-refractivity contribution < 1.29 is 14.3 Å². The van der Waals surface area contributed by atoms with Gasteiger partial charge in [-0.3, -0.25) is 0 Å². The molecule has 0 fully saturated rings. The van der Waals surface area contributed by atoms with E-state index in [4.69, 9.17) is 9.15 Å². The monoisotopic (exact) mass is 240 g/mol. The van der Waals surface area contributed by atoms with Crippen molar-refractivity contribution in [2.45, 2.75) is 40.0 Å². The van der Waals surface area contributed by atoms with E-state index in [1.165, 1.54) is 0 Å². The SMILES string of the molecule is CCCCOCCc1oc(=O)c(C)c(O)c1C. The molecule has 0 unspecified atom stereocenters. The van der Waals surface area contributed by atoms with E-state index in [1.807, 2.05) is 0 Å². The molecule has 0 atom stereocenters. The maximum atomic E-state index is 11.4. The summed E-state index contributed by atoms with van der Waals surface area (Å²) < 4.78 is 10.5. The maximum Gasteiger partial charge on any atom is 0.342 e. The second-order valence-corrected chi connectivity index (χ2v) is 4.13. The van der Waals surface area contributed by atoms with Crippen molar-refractivity contribution >= 4 is 0 Å². The molecule has 0 amide bonds. The number of ether oxygens (including phenoxy) is 1. The van der Waals surface area contributed by atoms with Crippen molar-refractivity contribution in [3.63, 3.8) is 0 Å². The van der Waals surface area contributed by atoms with Gasteiger partial charge in [-0.2, -0.15) is 0 Å². The van der Waals surface area contributed by atoms with Crippen molar-refractivity contribution in [1.82, 2.24) is 0 Å². The number of aromatic hydroxyl groups is 1. The minimum atomic E-state index is -0.475. The Kier molecular flexibility index (Phi) is 5.22. The van der Waals surface area contributed by atoms with Crippen LogP contribution in [0.1, 0.15) is 36.7 Å². The maximum absolute atomic E-state index is 11.4. The van der Waals surface area contributed by atoms with E-state index in [2.05, 4.69) is 6.92 Å². The highest BCUT2D eigenvalue weighted by molar-refractivity contribution is 5.38. The predicted molar refractivity (Wildman–Crippen MR) is 65.5 cm³/mol. The number of hydrogen-bond donors (Lipinski definition) is 1. The molecule has 0 spiro atoms. The zero-order chi connectivity index (χ0) is 12.8. The molecule has 96 valence electrons. The van der Waals surface area contributed by atoms with Gasteiger partial charge in [0.15, 0.2) is 0 Å². The molecule has 1 heterocycles. The third-order valence-electron chi connectivity index (χ3n) is 2.77.